The Kier molecular flexibility index (Phi) is 4.49. The molecule has 2 heterocycles. The fourth-order valence-corrected chi connectivity index (χ4v) is 4.67. The Labute approximate surface area is 174 Å². The number of nitrogens with zero attached hydrogens (tertiary/aromatic N) is 2. The molecule has 0 fully saturated rings. The van der Waals surface area contributed by atoms with Crippen molar-refractivity contribution in [3.05, 3.63) is 45.9 Å². The maximum absolute atomic E-state index is 13.3. The topological polar surface area (TPSA) is 79.7 Å². The monoisotopic (exact) mass is 436 g/mol. The standard InChI is InChI=1S/C19H14Cl2N2O4S/c1-9-3-6-12-13(7-9)27-19(2,8-14(24)25)17(26)23(12)18-22-15-10(20)4-5-11(21)16(15)28-18/h3-7H,8H2,1-2H3,(H,24,25). The van der Waals surface area contributed by atoms with Gasteiger partial charge in [0.05, 0.1) is 26.9 Å². The lowest BCUT2D eigenvalue weighted by molar-refractivity contribution is -0.148. The second-order valence-corrected chi connectivity index (χ2v) is 8.51. The van der Waals surface area contributed by atoms with Crippen molar-refractivity contribution in [1.82, 2.24) is 4.98 Å². The summed E-state index contributed by atoms with van der Waals surface area (Å²) in [6.45, 7) is 3.35. The highest BCUT2D eigenvalue weighted by Gasteiger charge is 2.47. The summed E-state index contributed by atoms with van der Waals surface area (Å²) >= 11 is 13.7. The molecule has 1 N–H and O–H groups in total. The number of anilines is 2. The number of benzene rings is 2. The SMILES string of the molecule is Cc1ccc2c(c1)OC(C)(CC(=O)O)C(=O)N2c1nc2c(Cl)ccc(Cl)c2s1. The number of thiazole rings is 1. The minimum atomic E-state index is -1.57. The highest BCUT2D eigenvalue weighted by atomic mass is 35.5. The van der Waals surface area contributed by atoms with Gasteiger partial charge in [-0.05, 0) is 43.7 Å². The van der Waals surface area contributed by atoms with Crippen LogP contribution in [0.15, 0.2) is 30.3 Å². The van der Waals surface area contributed by atoms with Gasteiger partial charge in [-0.1, -0.05) is 40.6 Å². The molecule has 1 amide bonds. The van der Waals surface area contributed by atoms with E-state index in [2.05, 4.69) is 4.98 Å². The van der Waals surface area contributed by atoms with E-state index in [9.17, 15) is 14.7 Å². The predicted octanol–water partition coefficient (Wildman–Crippen LogP) is 5.20. The van der Waals surface area contributed by atoms with E-state index in [0.29, 0.717) is 36.8 Å². The van der Waals surface area contributed by atoms with Gasteiger partial charge in [-0.15, -0.1) is 0 Å². The third kappa shape index (κ3) is 2.99. The van der Waals surface area contributed by atoms with Crippen LogP contribution in [0.5, 0.6) is 5.75 Å². The van der Waals surface area contributed by atoms with Crippen molar-refractivity contribution in [3.8, 4) is 5.75 Å². The number of carboxylic acids is 1. The smallest absolute Gasteiger partial charge is 0.307 e. The third-order valence-electron chi connectivity index (χ3n) is 4.46. The molecule has 0 aliphatic carbocycles. The number of fused-ring (bicyclic) bond motifs is 2. The molecule has 1 aromatic heterocycles. The largest absolute Gasteiger partial charge is 0.481 e. The van der Waals surface area contributed by atoms with Crippen molar-refractivity contribution in [1.29, 1.82) is 0 Å². The molecule has 144 valence electrons. The normalized spacial score (nSPS) is 18.9. The molecular formula is C19H14Cl2N2O4S. The molecular weight excluding hydrogens is 423 g/mol. The lowest BCUT2D eigenvalue weighted by atomic mass is 9.97. The molecule has 28 heavy (non-hydrogen) atoms. The Morgan fingerprint density at radius 3 is 2.68 bits per heavy atom. The molecule has 2 aromatic carbocycles. The van der Waals surface area contributed by atoms with E-state index < -0.39 is 23.9 Å². The van der Waals surface area contributed by atoms with Gasteiger partial charge in [-0.2, -0.15) is 0 Å². The average molecular weight is 437 g/mol. The van der Waals surface area contributed by atoms with Gasteiger partial charge >= 0.3 is 5.97 Å². The van der Waals surface area contributed by atoms with Crippen molar-refractivity contribution in [2.75, 3.05) is 4.90 Å². The van der Waals surface area contributed by atoms with Crippen LogP contribution in [0.4, 0.5) is 10.8 Å². The van der Waals surface area contributed by atoms with Gasteiger partial charge in [0.25, 0.3) is 5.91 Å². The second kappa shape index (κ2) is 6.62. The zero-order valence-electron chi connectivity index (χ0n) is 14.8. The maximum Gasteiger partial charge on any atom is 0.307 e. The molecule has 1 atom stereocenters. The van der Waals surface area contributed by atoms with Crippen LogP contribution in [0, 0.1) is 6.92 Å². The summed E-state index contributed by atoms with van der Waals surface area (Å²) < 4.78 is 6.50. The summed E-state index contributed by atoms with van der Waals surface area (Å²) in [7, 11) is 0. The molecule has 9 heteroatoms. The molecule has 1 aliphatic rings. The number of aryl methyl sites for hydroxylation is 1. The maximum atomic E-state index is 13.3. The highest BCUT2D eigenvalue weighted by Crippen LogP contribution is 2.46. The number of carbonyl (C=O) groups excluding carboxylic acids is 1. The Balaban J connectivity index is 1.94. The summed E-state index contributed by atoms with van der Waals surface area (Å²) in [4.78, 5) is 30.6. The van der Waals surface area contributed by atoms with Gasteiger partial charge in [-0.25, -0.2) is 9.88 Å². The number of hydrogen-bond acceptors (Lipinski definition) is 5. The van der Waals surface area contributed by atoms with Crippen LogP contribution in [0.25, 0.3) is 10.2 Å². The summed E-state index contributed by atoms with van der Waals surface area (Å²) in [5.41, 5.74) is 0.325. The van der Waals surface area contributed by atoms with Crippen LogP contribution in [-0.4, -0.2) is 27.6 Å². The number of carbonyl (C=O) groups is 2. The summed E-state index contributed by atoms with van der Waals surface area (Å²) in [5, 5.41) is 10.5. The van der Waals surface area contributed by atoms with Crippen molar-refractivity contribution >= 4 is 67.5 Å². The van der Waals surface area contributed by atoms with Gasteiger partial charge in [0.15, 0.2) is 10.7 Å². The molecule has 6 nitrogen and oxygen atoms in total. The van der Waals surface area contributed by atoms with Gasteiger partial charge in [0, 0.05) is 0 Å². The molecule has 0 spiro atoms. The molecule has 0 radical (unpaired) electrons. The van der Waals surface area contributed by atoms with Gasteiger partial charge in [-0.3, -0.25) is 9.59 Å². The number of amides is 1. The summed E-state index contributed by atoms with van der Waals surface area (Å²) in [6, 6.07) is 8.67. The Morgan fingerprint density at radius 2 is 2.00 bits per heavy atom. The molecule has 0 bridgehead atoms. The number of aliphatic carboxylic acids is 1. The minimum Gasteiger partial charge on any atom is -0.481 e. The molecule has 4 rings (SSSR count). The Bertz CT molecular complexity index is 1110. The van der Waals surface area contributed by atoms with E-state index in [0.717, 1.165) is 5.56 Å². The zero-order valence-corrected chi connectivity index (χ0v) is 17.2. The van der Waals surface area contributed by atoms with Crippen molar-refractivity contribution in [2.24, 2.45) is 0 Å². The number of aromatic nitrogens is 1. The van der Waals surface area contributed by atoms with Gasteiger partial charge in [0.2, 0.25) is 0 Å². The van der Waals surface area contributed by atoms with Gasteiger partial charge < -0.3 is 9.84 Å². The lowest BCUT2D eigenvalue weighted by Crippen LogP contribution is -2.53. The van der Waals surface area contributed by atoms with E-state index in [1.165, 1.54) is 23.2 Å². The second-order valence-electron chi connectivity index (χ2n) is 6.72. The molecule has 0 saturated carbocycles. The first-order chi connectivity index (χ1) is 13.2. The predicted molar refractivity (Wildman–Crippen MR) is 109 cm³/mol. The number of ether oxygens (including phenoxy) is 1. The first-order valence-electron chi connectivity index (χ1n) is 8.30. The van der Waals surface area contributed by atoms with E-state index in [4.69, 9.17) is 27.9 Å². The average Bonchev–Trinajstić information content (AvgIpc) is 3.05. The molecule has 1 unspecified atom stereocenters. The van der Waals surface area contributed by atoms with Gasteiger partial charge in [0.1, 0.15) is 11.3 Å². The number of carboxylic acid groups (broad SMARTS) is 1. The molecule has 3 aromatic rings. The van der Waals surface area contributed by atoms with Crippen molar-refractivity contribution < 1.29 is 19.4 Å². The summed E-state index contributed by atoms with van der Waals surface area (Å²) in [5.74, 6) is -1.24. The van der Waals surface area contributed by atoms with Crippen LogP contribution in [-0.2, 0) is 9.59 Å². The van der Waals surface area contributed by atoms with E-state index >= 15 is 0 Å². The van der Waals surface area contributed by atoms with Crippen molar-refractivity contribution in [3.63, 3.8) is 0 Å². The minimum absolute atomic E-state index is 0.347. The van der Waals surface area contributed by atoms with Crippen LogP contribution in [0.3, 0.4) is 0 Å². The summed E-state index contributed by atoms with van der Waals surface area (Å²) in [6.07, 6.45) is -0.484. The fraction of sp³-hybridized carbons (Fsp3) is 0.211. The van der Waals surface area contributed by atoms with Crippen LogP contribution >= 0.6 is 34.5 Å². The first kappa shape index (κ1) is 19.0. The third-order valence-corrected chi connectivity index (χ3v) is 6.27. The first-order valence-corrected chi connectivity index (χ1v) is 9.87. The number of halogens is 2. The Hall–Kier alpha value is -2.35. The highest BCUT2D eigenvalue weighted by molar-refractivity contribution is 7.23. The Morgan fingerprint density at radius 1 is 1.29 bits per heavy atom. The zero-order chi connectivity index (χ0) is 20.2. The number of rotatable bonds is 3. The van der Waals surface area contributed by atoms with Crippen LogP contribution in [0.2, 0.25) is 10.0 Å². The van der Waals surface area contributed by atoms with E-state index in [1.807, 2.05) is 13.0 Å². The van der Waals surface area contributed by atoms with E-state index in [1.54, 1.807) is 24.3 Å². The van der Waals surface area contributed by atoms with Crippen LogP contribution < -0.4 is 9.64 Å². The van der Waals surface area contributed by atoms with E-state index in [-0.39, 0.29) is 0 Å². The molecule has 1 aliphatic heterocycles. The lowest BCUT2D eigenvalue weighted by Gasteiger charge is -2.38. The molecule has 0 saturated heterocycles. The number of hydrogen-bond donors (Lipinski definition) is 1. The van der Waals surface area contributed by atoms with Crippen molar-refractivity contribution in [2.45, 2.75) is 25.9 Å². The fourth-order valence-electron chi connectivity index (χ4n) is 3.14. The van der Waals surface area contributed by atoms with Crippen LogP contribution in [0.1, 0.15) is 18.9 Å². The quantitative estimate of drug-likeness (QED) is 0.609.